The molecule has 1 aliphatic rings. The predicted molar refractivity (Wildman–Crippen MR) is 127 cm³/mol. The van der Waals surface area contributed by atoms with Crippen LogP contribution in [-0.2, 0) is 9.53 Å². The fourth-order valence-electron chi connectivity index (χ4n) is 3.51. The fourth-order valence-corrected chi connectivity index (χ4v) is 3.51. The molecule has 1 aliphatic heterocycles. The molecule has 3 aromatic rings. The molecule has 6 nitrogen and oxygen atoms in total. The number of rotatable bonds is 6. The van der Waals surface area contributed by atoms with Gasteiger partial charge in [-0.3, -0.25) is 9.80 Å². The van der Waals surface area contributed by atoms with Crippen LogP contribution in [-0.4, -0.2) is 30.2 Å². The van der Waals surface area contributed by atoms with Gasteiger partial charge in [-0.15, -0.1) is 0 Å². The fraction of sp³-hybridized carbons (Fsp3) is 0.192. The highest BCUT2D eigenvalue weighted by atomic mass is 16.5. The van der Waals surface area contributed by atoms with Crippen LogP contribution in [0.4, 0.5) is 11.4 Å². The van der Waals surface area contributed by atoms with E-state index in [0.717, 1.165) is 35.5 Å². The van der Waals surface area contributed by atoms with E-state index in [1.165, 1.54) is 0 Å². The minimum absolute atomic E-state index is 0.387. The minimum atomic E-state index is -0.947. The molecule has 162 valence electrons. The zero-order valence-corrected chi connectivity index (χ0v) is 18.1. The molecule has 0 aliphatic carbocycles. The highest BCUT2D eigenvalue weighted by Crippen LogP contribution is 2.28. The van der Waals surface area contributed by atoms with Gasteiger partial charge in [-0.2, -0.15) is 5.10 Å². The van der Waals surface area contributed by atoms with E-state index in [9.17, 15) is 9.59 Å². The van der Waals surface area contributed by atoms with Gasteiger partial charge in [-0.25, -0.2) is 4.79 Å². The lowest BCUT2D eigenvalue weighted by molar-refractivity contribution is -0.123. The second-order valence-corrected chi connectivity index (χ2v) is 7.70. The number of hydrogen-bond donors (Lipinski definition) is 1. The van der Waals surface area contributed by atoms with Crippen LogP contribution in [0.2, 0.25) is 0 Å². The molecule has 0 aromatic heterocycles. The molecule has 1 atom stereocenters. The summed E-state index contributed by atoms with van der Waals surface area (Å²) in [5, 5.41) is 9.24. The first-order valence-electron chi connectivity index (χ1n) is 10.6. The lowest BCUT2D eigenvalue weighted by Crippen LogP contribution is -2.30. The Morgan fingerprint density at radius 1 is 0.969 bits per heavy atom. The molecule has 3 aromatic carbocycles. The number of para-hydroxylation sites is 1. The maximum Gasteiger partial charge on any atom is 0.338 e. The Morgan fingerprint density at radius 2 is 1.66 bits per heavy atom. The predicted octanol–water partition coefficient (Wildman–Crippen LogP) is 5.12. The highest BCUT2D eigenvalue weighted by molar-refractivity contribution is 6.00. The summed E-state index contributed by atoms with van der Waals surface area (Å²) in [4.78, 5) is 25.3. The summed E-state index contributed by atoms with van der Waals surface area (Å²) in [7, 11) is 0. The number of ether oxygens (including phenoxy) is 1. The molecule has 0 spiro atoms. The Kier molecular flexibility index (Phi) is 6.31. The van der Waals surface area contributed by atoms with E-state index in [2.05, 4.69) is 10.4 Å². The molecular formula is C26H25N3O3. The van der Waals surface area contributed by atoms with Crippen molar-refractivity contribution in [1.29, 1.82) is 0 Å². The normalized spacial score (nSPS) is 13.9. The van der Waals surface area contributed by atoms with Crippen molar-refractivity contribution in [1.82, 2.24) is 0 Å². The number of esters is 1. The van der Waals surface area contributed by atoms with Crippen LogP contribution >= 0.6 is 0 Å². The van der Waals surface area contributed by atoms with Crippen LogP contribution in [0.1, 0.15) is 30.6 Å². The summed E-state index contributed by atoms with van der Waals surface area (Å²) < 4.78 is 5.41. The van der Waals surface area contributed by atoms with Crippen molar-refractivity contribution in [2.24, 2.45) is 5.10 Å². The lowest BCUT2D eigenvalue weighted by atomic mass is 10.0. The number of amides is 1. The smallest absolute Gasteiger partial charge is 0.338 e. The third-order valence-electron chi connectivity index (χ3n) is 5.30. The molecule has 1 unspecified atom stereocenters. The molecule has 0 fully saturated rings. The van der Waals surface area contributed by atoms with Crippen molar-refractivity contribution in [2.75, 3.05) is 16.9 Å². The van der Waals surface area contributed by atoms with E-state index in [-0.39, 0.29) is 5.91 Å². The van der Waals surface area contributed by atoms with Crippen molar-refractivity contribution in [2.45, 2.75) is 26.4 Å². The number of carbonyl (C=O) groups excluding carboxylic acids is 2. The van der Waals surface area contributed by atoms with Crippen LogP contribution < -0.4 is 10.3 Å². The van der Waals surface area contributed by atoms with Crippen LogP contribution in [0.25, 0.3) is 11.1 Å². The van der Waals surface area contributed by atoms with Gasteiger partial charge in [0.15, 0.2) is 6.10 Å². The number of anilines is 2. The SMILES string of the molecule is CC1=NN(c2ccc(C(=O)OC(C)C(=O)Nc3ccccc3-c3ccccc3)cc2)CC1. The summed E-state index contributed by atoms with van der Waals surface area (Å²) in [6.07, 6.45) is -0.0130. The first-order chi connectivity index (χ1) is 15.5. The van der Waals surface area contributed by atoms with Gasteiger partial charge in [0, 0.05) is 29.9 Å². The minimum Gasteiger partial charge on any atom is -0.449 e. The highest BCUT2D eigenvalue weighted by Gasteiger charge is 2.21. The molecule has 4 rings (SSSR count). The first-order valence-corrected chi connectivity index (χ1v) is 10.6. The van der Waals surface area contributed by atoms with Crippen molar-refractivity contribution >= 4 is 29.0 Å². The number of nitrogens with one attached hydrogen (secondary N) is 1. The summed E-state index contributed by atoms with van der Waals surface area (Å²) in [6, 6.07) is 24.4. The summed E-state index contributed by atoms with van der Waals surface area (Å²) in [6.45, 7) is 4.39. The lowest BCUT2D eigenvalue weighted by Gasteiger charge is -2.16. The van der Waals surface area contributed by atoms with Crippen LogP contribution in [0.3, 0.4) is 0 Å². The van der Waals surface area contributed by atoms with Gasteiger partial charge in [-0.1, -0.05) is 48.5 Å². The molecular weight excluding hydrogens is 402 g/mol. The second kappa shape index (κ2) is 9.47. The van der Waals surface area contributed by atoms with Crippen molar-refractivity contribution < 1.29 is 14.3 Å². The Morgan fingerprint density at radius 3 is 2.34 bits per heavy atom. The Balaban J connectivity index is 1.40. The number of benzene rings is 3. The van der Waals surface area contributed by atoms with Gasteiger partial charge in [0.25, 0.3) is 5.91 Å². The summed E-state index contributed by atoms with van der Waals surface area (Å²) in [5.74, 6) is -0.933. The molecule has 0 bridgehead atoms. The van der Waals surface area contributed by atoms with E-state index in [1.807, 2.05) is 78.7 Å². The standard InChI is InChI=1S/C26H25N3O3/c1-18-16-17-29(28-18)22-14-12-21(13-15-22)26(31)32-19(2)25(30)27-24-11-7-6-10-23(24)20-8-4-3-5-9-20/h3-15,19H,16-17H2,1-2H3,(H,27,30). The van der Waals surface area contributed by atoms with Gasteiger partial charge < -0.3 is 10.1 Å². The molecule has 1 N–H and O–H groups in total. The van der Waals surface area contributed by atoms with E-state index < -0.39 is 12.1 Å². The monoisotopic (exact) mass is 427 g/mol. The summed E-state index contributed by atoms with van der Waals surface area (Å²) >= 11 is 0. The number of carbonyl (C=O) groups is 2. The average Bonchev–Trinajstić information content (AvgIpc) is 3.26. The molecule has 1 amide bonds. The van der Waals surface area contributed by atoms with Gasteiger partial charge >= 0.3 is 5.97 Å². The van der Waals surface area contributed by atoms with E-state index >= 15 is 0 Å². The van der Waals surface area contributed by atoms with Crippen LogP contribution in [0.5, 0.6) is 0 Å². The average molecular weight is 428 g/mol. The zero-order valence-electron chi connectivity index (χ0n) is 18.1. The van der Waals surface area contributed by atoms with Gasteiger partial charge in [-0.05, 0) is 49.7 Å². The topological polar surface area (TPSA) is 71.0 Å². The van der Waals surface area contributed by atoms with Crippen molar-refractivity contribution in [3.63, 3.8) is 0 Å². The molecule has 6 heteroatoms. The number of hydrogen-bond acceptors (Lipinski definition) is 5. The zero-order chi connectivity index (χ0) is 22.5. The van der Waals surface area contributed by atoms with Crippen molar-refractivity contribution in [3.05, 3.63) is 84.4 Å². The Bertz CT molecular complexity index is 1140. The van der Waals surface area contributed by atoms with Gasteiger partial charge in [0.05, 0.1) is 11.3 Å². The maximum atomic E-state index is 12.7. The molecule has 1 heterocycles. The largest absolute Gasteiger partial charge is 0.449 e. The second-order valence-electron chi connectivity index (χ2n) is 7.70. The van der Waals surface area contributed by atoms with Gasteiger partial charge in [0.1, 0.15) is 0 Å². The Labute approximate surface area is 187 Å². The third kappa shape index (κ3) is 4.86. The molecule has 32 heavy (non-hydrogen) atoms. The van der Waals surface area contributed by atoms with Crippen LogP contribution in [0.15, 0.2) is 84.0 Å². The van der Waals surface area contributed by atoms with Crippen molar-refractivity contribution in [3.8, 4) is 11.1 Å². The first kappa shape index (κ1) is 21.3. The van der Waals surface area contributed by atoms with Gasteiger partial charge in [0.2, 0.25) is 0 Å². The molecule has 0 saturated heterocycles. The van der Waals surface area contributed by atoms with Crippen LogP contribution in [0, 0.1) is 0 Å². The quantitative estimate of drug-likeness (QED) is 0.554. The Hall–Kier alpha value is -3.93. The van der Waals surface area contributed by atoms with E-state index in [4.69, 9.17) is 4.74 Å². The number of hydrazone groups is 1. The maximum absolute atomic E-state index is 12.7. The molecule has 0 radical (unpaired) electrons. The molecule has 0 saturated carbocycles. The van der Waals surface area contributed by atoms with E-state index in [1.54, 1.807) is 19.1 Å². The number of nitrogens with zero attached hydrogens (tertiary/aromatic N) is 2. The summed E-state index contributed by atoms with van der Waals surface area (Å²) in [5.41, 5.74) is 4.94. The third-order valence-corrected chi connectivity index (χ3v) is 5.30. The van der Waals surface area contributed by atoms with E-state index in [0.29, 0.717) is 11.3 Å².